The van der Waals surface area contributed by atoms with Gasteiger partial charge in [0.15, 0.2) is 23.6 Å². The summed E-state index contributed by atoms with van der Waals surface area (Å²) in [6, 6.07) is 10.0. The molecule has 0 saturated heterocycles. The summed E-state index contributed by atoms with van der Waals surface area (Å²) in [6.07, 6.45) is 5.24. The Bertz CT molecular complexity index is 1400. The molecular weight excluding hydrogens is 500 g/mol. The van der Waals surface area contributed by atoms with Crippen molar-refractivity contribution in [3.63, 3.8) is 0 Å². The fourth-order valence-electron chi connectivity index (χ4n) is 5.09. The minimum atomic E-state index is -0.435. The molecule has 9 nitrogen and oxygen atoms in total. The van der Waals surface area contributed by atoms with E-state index in [-0.39, 0.29) is 11.9 Å². The number of aromatic nitrogens is 3. The lowest BCUT2D eigenvalue weighted by molar-refractivity contribution is 0.451. The molecule has 1 aromatic heterocycles. The van der Waals surface area contributed by atoms with Crippen LogP contribution in [0.4, 0.5) is 8.78 Å². The van der Waals surface area contributed by atoms with Gasteiger partial charge in [0.1, 0.15) is 11.6 Å². The first-order valence-electron chi connectivity index (χ1n) is 12.9. The van der Waals surface area contributed by atoms with E-state index < -0.39 is 11.6 Å². The third-order valence-electron chi connectivity index (χ3n) is 7.33. The fourth-order valence-corrected chi connectivity index (χ4v) is 5.09. The molecule has 0 amide bonds. The zero-order valence-electron chi connectivity index (χ0n) is 21.7. The van der Waals surface area contributed by atoms with Crippen LogP contribution in [0.25, 0.3) is 33.9 Å². The summed E-state index contributed by atoms with van der Waals surface area (Å²) in [5.41, 5.74) is 15.3. The highest BCUT2D eigenvalue weighted by atomic mass is 19.1. The Morgan fingerprint density at radius 2 is 1.23 bits per heavy atom. The normalized spacial score (nSPS) is 15.7. The van der Waals surface area contributed by atoms with Gasteiger partial charge < -0.3 is 25.8 Å². The first-order chi connectivity index (χ1) is 18.8. The smallest absolute Gasteiger partial charge is 0.188 e. The number of nitrogens with zero attached hydrogens (tertiary/aromatic N) is 5. The van der Waals surface area contributed by atoms with Gasteiger partial charge in [-0.05, 0) is 66.3 Å². The van der Waals surface area contributed by atoms with E-state index in [9.17, 15) is 0 Å². The highest BCUT2D eigenvalue weighted by Gasteiger charge is 2.22. The molecule has 0 radical (unpaired) electrons. The van der Waals surface area contributed by atoms with Crippen LogP contribution >= 0.6 is 0 Å². The monoisotopic (exact) mass is 531 g/mol. The number of benzene rings is 2. The fraction of sp³-hybridized carbons (Fsp3) is 0.286. The summed E-state index contributed by atoms with van der Waals surface area (Å²) in [7, 11) is 0. The number of halogens is 2. The zero-order chi connectivity index (χ0) is 27.7. The molecule has 0 aliphatic carbocycles. The Hall–Kier alpha value is -4.54. The van der Waals surface area contributed by atoms with Gasteiger partial charge in [-0.2, -0.15) is 0 Å². The van der Waals surface area contributed by atoms with E-state index >= 15 is 8.78 Å². The molecule has 0 bridgehead atoms. The van der Waals surface area contributed by atoms with Crippen molar-refractivity contribution in [2.24, 2.45) is 11.5 Å². The lowest BCUT2D eigenvalue weighted by Gasteiger charge is -2.26. The Labute approximate surface area is 225 Å². The molecule has 3 heterocycles. The number of guanidine groups is 2. The van der Waals surface area contributed by atoms with Crippen molar-refractivity contribution in [1.29, 1.82) is 10.8 Å². The summed E-state index contributed by atoms with van der Waals surface area (Å²) in [5.74, 6) is -0.148. The van der Waals surface area contributed by atoms with Crippen LogP contribution in [0.5, 0.6) is 0 Å². The second-order valence-corrected chi connectivity index (χ2v) is 9.60. The molecular formula is C28H31F2N9. The van der Waals surface area contributed by atoms with Crippen LogP contribution in [0.1, 0.15) is 30.9 Å². The maximum absolute atomic E-state index is 15.4. The molecule has 202 valence electrons. The van der Waals surface area contributed by atoms with E-state index in [0.717, 1.165) is 22.3 Å². The molecule has 6 N–H and O–H groups in total. The molecule has 2 aromatic carbocycles. The van der Waals surface area contributed by atoms with Crippen molar-refractivity contribution in [3.05, 3.63) is 71.3 Å². The minimum Gasteiger partial charge on any atom is -0.370 e. The third kappa shape index (κ3) is 5.12. The highest BCUT2D eigenvalue weighted by molar-refractivity contribution is 5.78. The van der Waals surface area contributed by atoms with Crippen molar-refractivity contribution in [2.45, 2.75) is 26.3 Å². The average molecular weight is 532 g/mol. The van der Waals surface area contributed by atoms with E-state index in [1.54, 1.807) is 26.5 Å². The first kappa shape index (κ1) is 26.1. The number of rotatable bonds is 5. The summed E-state index contributed by atoms with van der Waals surface area (Å²) in [5, 5.41) is 23.6. The van der Waals surface area contributed by atoms with Gasteiger partial charge in [0.25, 0.3) is 0 Å². The van der Waals surface area contributed by atoms with E-state index in [4.69, 9.17) is 22.3 Å². The van der Waals surface area contributed by atoms with Crippen LogP contribution < -0.4 is 11.5 Å². The Morgan fingerprint density at radius 3 is 1.54 bits per heavy atom. The Morgan fingerprint density at radius 1 is 0.795 bits per heavy atom. The third-order valence-corrected chi connectivity index (χ3v) is 7.33. The zero-order valence-corrected chi connectivity index (χ0v) is 21.7. The van der Waals surface area contributed by atoms with Gasteiger partial charge in [-0.1, -0.05) is 24.3 Å². The van der Waals surface area contributed by atoms with E-state index in [0.29, 0.717) is 68.3 Å². The molecule has 0 saturated carbocycles. The molecule has 0 unspecified atom stereocenters. The van der Waals surface area contributed by atoms with Crippen LogP contribution in [0, 0.1) is 22.5 Å². The molecule has 0 fully saturated rings. The van der Waals surface area contributed by atoms with Gasteiger partial charge in [0.2, 0.25) is 0 Å². The molecule has 11 heteroatoms. The van der Waals surface area contributed by atoms with Gasteiger partial charge in [-0.15, -0.1) is 10.2 Å². The Kier molecular flexibility index (Phi) is 7.14. The molecule has 0 spiro atoms. The predicted molar refractivity (Wildman–Crippen MR) is 149 cm³/mol. The molecule has 2 aliphatic rings. The summed E-state index contributed by atoms with van der Waals surface area (Å²) in [4.78, 5) is 3.50. The number of nitrogens with two attached hydrogens (primary N) is 2. The SMILES string of the molecule is CCn1c(-c2ccc(C3=CCN(C(=N)N)CC3)cc2F)nnc1-c1ccc(C2=CCN(C(=N)N)CC2)cc1F. The van der Waals surface area contributed by atoms with Crippen LogP contribution in [0.3, 0.4) is 0 Å². The lowest BCUT2D eigenvalue weighted by atomic mass is 9.97. The largest absolute Gasteiger partial charge is 0.370 e. The van der Waals surface area contributed by atoms with Gasteiger partial charge in [0, 0.05) is 32.7 Å². The van der Waals surface area contributed by atoms with Crippen molar-refractivity contribution in [3.8, 4) is 22.8 Å². The number of hydrogen-bond acceptors (Lipinski definition) is 4. The van der Waals surface area contributed by atoms with Crippen molar-refractivity contribution in [2.75, 3.05) is 26.2 Å². The molecule has 2 aliphatic heterocycles. The topological polar surface area (TPSA) is 137 Å². The lowest BCUT2D eigenvalue weighted by Crippen LogP contribution is -2.39. The van der Waals surface area contributed by atoms with Crippen molar-refractivity contribution in [1.82, 2.24) is 24.6 Å². The number of nitrogens with one attached hydrogen (secondary N) is 2. The maximum Gasteiger partial charge on any atom is 0.188 e. The van der Waals surface area contributed by atoms with Gasteiger partial charge in [0.05, 0.1) is 11.1 Å². The van der Waals surface area contributed by atoms with Gasteiger partial charge in [-0.25, -0.2) is 8.78 Å². The average Bonchev–Trinajstić information content (AvgIpc) is 3.36. The predicted octanol–water partition coefficient (Wildman–Crippen LogP) is 3.88. The standard InChI is InChI=1S/C28H31F2N9/c1-2-39-25(21-5-3-19(15-23(21)29)17-7-11-37(12-8-17)27(31)32)35-36-26(39)22-6-4-20(16-24(22)30)18-9-13-38(14-10-18)28(33)34/h3-7,9,15-16H,2,8,10-14H2,1H3,(H3,31,32)(H3,33,34). The highest BCUT2D eigenvalue weighted by Crippen LogP contribution is 2.32. The summed E-state index contributed by atoms with van der Waals surface area (Å²) in [6.45, 7) is 4.56. The second-order valence-electron chi connectivity index (χ2n) is 9.60. The van der Waals surface area contributed by atoms with Crippen LogP contribution in [0.15, 0.2) is 48.6 Å². The molecule has 39 heavy (non-hydrogen) atoms. The van der Waals surface area contributed by atoms with E-state index in [2.05, 4.69) is 10.2 Å². The van der Waals surface area contributed by atoms with Crippen LogP contribution in [0.2, 0.25) is 0 Å². The molecule has 5 rings (SSSR count). The molecule has 3 aromatic rings. The quantitative estimate of drug-likeness (QED) is 0.291. The van der Waals surface area contributed by atoms with Crippen molar-refractivity contribution >= 4 is 23.1 Å². The van der Waals surface area contributed by atoms with E-state index in [1.807, 2.05) is 31.2 Å². The van der Waals surface area contributed by atoms with Gasteiger partial charge >= 0.3 is 0 Å². The second kappa shape index (κ2) is 10.7. The Balaban J connectivity index is 1.41. The maximum atomic E-state index is 15.4. The minimum absolute atomic E-state index is 0.0275. The van der Waals surface area contributed by atoms with Crippen molar-refractivity contribution < 1.29 is 8.78 Å². The van der Waals surface area contributed by atoms with Gasteiger partial charge in [-0.3, -0.25) is 10.8 Å². The first-order valence-corrected chi connectivity index (χ1v) is 12.9. The number of hydrogen-bond donors (Lipinski definition) is 4. The van der Waals surface area contributed by atoms with E-state index in [1.165, 1.54) is 12.1 Å². The summed E-state index contributed by atoms with van der Waals surface area (Å²) >= 11 is 0. The summed E-state index contributed by atoms with van der Waals surface area (Å²) < 4.78 is 32.4. The van der Waals surface area contributed by atoms with Crippen LogP contribution in [-0.2, 0) is 6.54 Å². The van der Waals surface area contributed by atoms with Crippen LogP contribution in [-0.4, -0.2) is 62.7 Å². The molecule has 0 atom stereocenters.